The van der Waals surface area contributed by atoms with Crippen molar-refractivity contribution in [2.24, 2.45) is 0 Å². The van der Waals surface area contributed by atoms with Crippen molar-refractivity contribution in [2.45, 2.75) is 0 Å². The van der Waals surface area contributed by atoms with Gasteiger partial charge < -0.3 is 14.5 Å². The minimum atomic E-state index is -0.393. The molecule has 0 bridgehead atoms. The van der Waals surface area contributed by atoms with Gasteiger partial charge in [0.25, 0.3) is 5.91 Å². The van der Waals surface area contributed by atoms with E-state index in [1.165, 1.54) is 6.07 Å². The number of fused-ring (bicyclic) bond motifs is 2. The third-order valence-electron chi connectivity index (χ3n) is 5.26. The van der Waals surface area contributed by atoms with Gasteiger partial charge in [-0.05, 0) is 29.7 Å². The largest absolute Gasteiger partial charge is 0.476 e. The molecular formula is C27H18ClNO4. The topological polar surface area (TPSA) is 68.5 Å². The lowest BCUT2D eigenvalue weighted by atomic mass is 10.1. The number of hydrogen-bond donors (Lipinski definition) is 1. The molecule has 0 fully saturated rings. The van der Waals surface area contributed by atoms with Gasteiger partial charge in [-0.2, -0.15) is 0 Å². The number of carbonyl (C=O) groups is 1. The number of rotatable bonds is 5. The number of ether oxygens (including phenoxy) is 1. The molecule has 0 spiro atoms. The number of halogens is 1. The zero-order valence-corrected chi connectivity index (χ0v) is 18.1. The van der Waals surface area contributed by atoms with Crippen LogP contribution in [0.2, 0.25) is 5.02 Å². The van der Waals surface area contributed by atoms with Gasteiger partial charge in [0.05, 0.1) is 5.39 Å². The van der Waals surface area contributed by atoms with Gasteiger partial charge in [-0.3, -0.25) is 9.59 Å². The normalized spacial score (nSPS) is 10.9. The second-order valence-corrected chi connectivity index (χ2v) is 7.90. The molecule has 6 heteroatoms. The van der Waals surface area contributed by atoms with Crippen LogP contribution in [0.3, 0.4) is 0 Å². The molecule has 0 radical (unpaired) electrons. The quantitative estimate of drug-likeness (QED) is 0.338. The number of benzene rings is 4. The molecule has 4 aromatic carbocycles. The summed E-state index contributed by atoms with van der Waals surface area (Å²) in [5.41, 5.74) is 1.32. The molecule has 5 rings (SSSR count). The predicted octanol–water partition coefficient (Wildman–Crippen LogP) is 6.28. The molecule has 0 aliphatic rings. The Hall–Kier alpha value is -4.09. The highest BCUT2D eigenvalue weighted by Crippen LogP contribution is 2.31. The van der Waals surface area contributed by atoms with Crippen LogP contribution in [-0.2, 0) is 4.79 Å². The lowest BCUT2D eigenvalue weighted by Gasteiger charge is -2.13. The summed E-state index contributed by atoms with van der Waals surface area (Å²) in [7, 11) is 0. The van der Waals surface area contributed by atoms with Crippen molar-refractivity contribution < 1.29 is 13.9 Å². The van der Waals surface area contributed by atoms with Crippen molar-refractivity contribution in [1.29, 1.82) is 0 Å². The van der Waals surface area contributed by atoms with Crippen molar-refractivity contribution in [3.63, 3.8) is 0 Å². The Kier molecular flexibility index (Phi) is 5.55. The van der Waals surface area contributed by atoms with E-state index in [0.717, 1.165) is 10.8 Å². The molecule has 162 valence electrons. The first-order valence-electron chi connectivity index (χ1n) is 10.3. The molecule has 0 atom stereocenters. The highest BCUT2D eigenvalue weighted by molar-refractivity contribution is 6.31. The Morgan fingerprint density at radius 3 is 2.48 bits per heavy atom. The van der Waals surface area contributed by atoms with Crippen LogP contribution >= 0.6 is 11.6 Å². The molecule has 1 heterocycles. The van der Waals surface area contributed by atoms with E-state index in [2.05, 4.69) is 5.32 Å². The molecule has 5 aromatic rings. The molecule has 1 amide bonds. The zero-order chi connectivity index (χ0) is 22.8. The van der Waals surface area contributed by atoms with Crippen LogP contribution in [0.4, 0.5) is 5.69 Å². The first-order chi connectivity index (χ1) is 16.1. The first-order valence-corrected chi connectivity index (χ1v) is 10.7. The summed E-state index contributed by atoms with van der Waals surface area (Å²) in [5, 5.41) is 5.47. The summed E-state index contributed by atoms with van der Waals surface area (Å²) in [4.78, 5) is 26.0. The molecule has 0 saturated carbocycles. The highest BCUT2D eigenvalue weighted by Gasteiger charge is 2.19. The standard InChI is InChI=1S/C27H18ClNO4/c28-19-13-14-23-21(15-19)25(31)27(26(33-23)18-8-2-1-3-9-18)32-16-24(30)29-22-12-6-10-17-7-4-5-11-20(17)22/h1-15H,16H2,(H,29,30). The van der Waals surface area contributed by atoms with Gasteiger partial charge in [-0.1, -0.05) is 78.3 Å². The molecule has 0 aliphatic heterocycles. The average molecular weight is 456 g/mol. The van der Waals surface area contributed by atoms with Crippen LogP contribution in [-0.4, -0.2) is 12.5 Å². The van der Waals surface area contributed by atoms with Gasteiger partial charge in [0, 0.05) is 21.7 Å². The number of carbonyl (C=O) groups excluding carboxylic acids is 1. The summed E-state index contributed by atoms with van der Waals surface area (Å²) >= 11 is 6.08. The van der Waals surface area contributed by atoms with Crippen molar-refractivity contribution in [1.82, 2.24) is 0 Å². The third-order valence-corrected chi connectivity index (χ3v) is 5.49. The van der Waals surface area contributed by atoms with E-state index in [1.807, 2.05) is 72.8 Å². The Morgan fingerprint density at radius 1 is 0.879 bits per heavy atom. The fraction of sp³-hybridized carbons (Fsp3) is 0.0370. The van der Waals surface area contributed by atoms with E-state index >= 15 is 0 Å². The van der Waals surface area contributed by atoms with E-state index < -0.39 is 11.3 Å². The predicted molar refractivity (Wildman–Crippen MR) is 131 cm³/mol. The van der Waals surface area contributed by atoms with Gasteiger partial charge in [0.1, 0.15) is 5.58 Å². The maximum Gasteiger partial charge on any atom is 0.262 e. The summed E-state index contributed by atoms with van der Waals surface area (Å²) in [6.45, 7) is -0.361. The Morgan fingerprint density at radius 2 is 1.64 bits per heavy atom. The Labute approximate surface area is 194 Å². The molecule has 0 unspecified atom stereocenters. The maximum absolute atomic E-state index is 13.2. The fourth-order valence-electron chi connectivity index (χ4n) is 3.72. The van der Waals surface area contributed by atoms with E-state index in [1.54, 1.807) is 12.1 Å². The van der Waals surface area contributed by atoms with Crippen molar-refractivity contribution in [3.05, 3.63) is 106 Å². The van der Waals surface area contributed by atoms with Crippen LogP contribution in [0.15, 0.2) is 100 Å². The highest BCUT2D eigenvalue weighted by atomic mass is 35.5. The number of anilines is 1. The lowest BCUT2D eigenvalue weighted by molar-refractivity contribution is -0.118. The van der Waals surface area contributed by atoms with Gasteiger partial charge in [-0.25, -0.2) is 0 Å². The number of nitrogens with one attached hydrogen (secondary N) is 1. The third kappa shape index (κ3) is 4.19. The number of amides is 1. The van der Waals surface area contributed by atoms with Gasteiger partial charge in [0.15, 0.2) is 12.4 Å². The summed E-state index contributed by atoms with van der Waals surface area (Å²) in [6.07, 6.45) is 0. The van der Waals surface area contributed by atoms with E-state index in [9.17, 15) is 9.59 Å². The summed E-state index contributed by atoms with van der Waals surface area (Å²) in [6, 6.07) is 27.4. The number of hydrogen-bond acceptors (Lipinski definition) is 4. The molecule has 5 nitrogen and oxygen atoms in total. The maximum atomic E-state index is 13.2. The van der Waals surface area contributed by atoms with Gasteiger partial charge in [-0.15, -0.1) is 0 Å². The molecule has 1 aromatic heterocycles. The fourth-order valence-corrected chi connectivity index (χ4v) is 3.89. The molecular weight excluding hydrogens is 438 g/mol. The van der Waals surface area contributed by atoms with E-state index in [4.69, 9.17) is 20.8 Å². The average Bonchev–Trinajstić information content (AvgIpc) is 2.84. The van der Waals surface area contributed by atoms with Crippen LogP contribution in [0.5, 0.6) is 5.75 Å². The SMILES string of the molecule is O=C(COc1c(-c2ccccc2)oc2ccc(Cl)cc2c1=O)Nc1cccc2ccccc12. The zero-order valence-electron chi connectivity index (χ0n) is 17.4. The minimum Gasteiger partial charge on any atom is -0.476 e. The monoisotopic (exact) mass is 455 g/mol. The minimum absolute atomic E-state index is 0.0379. The second-order valence-electron chi connectivity index (χ2n) is 7.46. The molecule has 1 N–H and O–H groups in total. The van der Waals surface area contributed by atoms with E-state index in [-0.39, 0.29) is 23.5 Å². The Bertz CT molecular complexity index is 1540. The lowest BCUT2D eigenvalue weighted by Crippen LogP contribution is -2.22. The summed E-state index contributed by atoms with van der Waals surface area (Å²) < 4.78 is 11.8. The van der Waals surface area contributed by atoms with E-state index in [0.29, 0.717) is 21.9 Å². The van der Waals surface area contributed by atoms with Gasteiger partial charge >= 0.3 is 0 Å². The smallest absolute Gasteiger partial charge is 0.262 e. The van der Waals surface area contributed by atoms with Crippen molar-refractivity contribution in [3.8, 4) is 17.1 Å². The molecule has 0 saturated heterocycles. The molecule has 33 heavy (non-hydrogen) atoms. The summed E-state index contributed by atoms with van der Waals surface area (Å²) in [5.74, 6) is -0.173. The van der Waals surface area contributed by atoms with Crippen molar-refractivity contribution >= 4 is 44.9 Å². The second kappa shape index (κ2) is 8.81. The molecule has 0 aliphatic carbocycles. The van der Waals surface area contributed by atoms with Crippen LogP contribution in [0.1, 0.15) is 0 Å². The van der Waals surface area contributed by atoms with Crippen LogP contribution in [0, 0.1) is 0 Å². The van der Waals surface area contributed by atoms with Crippen LogP contribution < -0.4 is 15.5 Å². The van der Waals surface area contributed by atoms with Gasteiger partial charge in [0.2, 0.25) is 11.2 Å². The first kappa shape index (κ1) is 20.8. The Balaban J connectivity index is 1.48. The van der Waals surface area contributed by atoms with Crippen LogP contribution in [0.25, 0.3) is 33.1 Å². The van der Waals surface area contributed by atoms with Crippen molar-refractivity contribution in [2.75, 3.05) is 11.9 Å².